The van der Waals surface area contributed by atoms with Crippen LogP contribution in [0, 0.1) is 11.8 Å². The Kier molecular flexibility index (Phi) is 3.70. The monoisotopic (exact) mass is 287 g/mol. The zero-order chi connectivity index (χ0) is 15.0. The summed E-state index contributed by atoms with van der Waals surface area (Å²) in [5.41, 5.74) is 2.61. The van der Waals surface area contributed by atoms with Gasteiger partial charge in [0.2, 0.25) is 5.91 Å². The summed E-state index contributed by atoms with van der Waals surface area (Å²) in [6, 6.07) is 8.11. The van der Waals surface area contributed by atoms with Gasteiger partial charge in [-0.2, -0.15) is 0 Å². The Morgan fingerprint density at radius 3 is 2.57 bits per heavy atom. The molecule has 4 heteroatoms. The van der Waals surface area contributed by atoms with Crippen LogP contribution in [0.2, 0.25) is 0 Å². The number of hydrogen-bond donors (Lipinski definition) is 1. The van der Waals surface area contributed by atoms with Gasteiger partial charge in [0.25, 0.3) is 0 Å². The van der Waals surface area contributed by atoms with Crippen molar-refractivity contribution in [1.29, 1.82) is 0 Å². The highest BCUT2D eigenvalue weighted by Gasteiger charge is 2.40. The van der Waals surface area contributed by atoms with Crippen LogP contribution in [0.4, 0.5) is 0 Å². The van der Waals surface area contributed by atoms with Gasteiger partial charge in [-0.25, -0.2) is 0 Å². The van der Waals surface area contributed by atoms with Crippen molar-refractivity contribution in [2.75, 3.05) is 6.54 Å². The normalized spacial score (nSPS) is 28.2. The summed E-state index contributed by atoms with van der Waals surface area (Å²) < 4.78 is 0. The van der Waals surface area contributed by atoms with Crippen molar-refractivity contribution in [2.24, 2.45) is 11.8 Å². The third kappa shape index (κ3) is 2.55. The molecule has 1 aromatic rings. The van der Waals surface area contributed by atoms with Crippen LogP contribution in [0.5, 0.6) is 0 Å². The lowest BCUT2D eigenvalue weighted by molar-refractivity contribution is -0.143. The fourth-order valence-electron chi connectivity index (χ4n) is 3.72. The molecule has 1 heterocycles. The van der Waals surface area contributed by atoms with Gasteiger partial charge in [0, 0.05) is 18.5 Å². The van der Waals surface area contributed by atoms with Crippen molar-refractivity contribution in [3.8, 4) is 0 Å². The summed E-state index contributed by atoms with van der Waals surface area (Å²) in [6.07, 6.45) is 3.18. The minimum absolute atomic E-state index is 0.00916. The molecule has 21 heavy (non-hydrogen) atoms. The maximum absolute atomic E-state index is 12.7. The molecule has 4 nitrogen and oxygen atoms in total. The quantitative estimate of drug-likeness (QED) is 0.906. The number of hydrogen-bond acceptors (Lipinski definition) is 2. The van der Waals surface area contributed by atoms with Crippen molar-refractivity contribution < 1.29 is 14.7 Å². The topological polar surface area (TPSA) is 57.6 Å². The second-order valence-corrected chi connectivity index (χ2v) is 6.21. The summed E-state index contributed by atoms with van der Waals surface area (Å²) in [4.78, 5) is 25.7. The number of amides is 1. The average Bonchev–Trinajstić information content (AvgIpc) is 2.88. The predicted octanol–water partition coefficient (Wildman–Crippen LogP) is 2.11. The van der Waals surface area contributed by atoms with Gasteiger partial charge in [0.15, 0.2) is 0 Å². The van der Waals surface area contributed by atoms with Crippen molar-refractivity contribution >= 4 is 11.9 Å². The number of fused-ring (bicyclic) bond motifs is 1. The van der Waals surface area contributed by atoms with Gasteiger partial charge in [0.05, 0.1) is 5.92 Å². The van der Waals surface area contributed by atoms with E-state index in [0.29, 0.717) is 13.0 Å². The fourth-order valence-corrected chi connectivity index (χ4v) is 3.72. The van der Waals surface area contributed by atoms with E-state index in [1.165, 1.54) is 11.1 Å². The van der Waals surface area contributed by atoms with E-state index in [4.69, 9.17) is 0 Å². The lowest BCUT2D eigenvalue weighted by Gasteiger charge is -2.30. The maximum atomic E-state index is 12.7. The molecule has 1 fully saturated rings. The summed E-state index contributed by atoms with van der Waals surface area (Å²) in [6.45, 7) is 2.44. The number of benzene rings is 1. The SMILES string of the molecule is CC1C(C(=O)O)CCN1C(=O)C1CCc2ccccc2C1. The van der Waals surface area contributed by atoms with E-state index in [9.17, 15) is 14.7 Å². The first kappa shape index (κ1) is 14.1. The van der Waals surface area contributed by atoms with Gasteiger partial charge in [-0.1, -0.05) is 24.3 Å². The maximum Gasteiger partial charge on any atom is 0.308 e. The number of carboxylic acids is 1. The molecule has 0 spiro atoms. The summed E-state index contributed by atoms with van der Waals surface area (Å²) >= 11 is 0. The molecule has 112 valence electrons. The number of nitrogens with zero attached hydrogens (tertiary/aromatic N) is 1. The van der Waals surface area contributed by atoms with E-state index in [2.05, 4.69) is 12.1 Å². The first-order chi connectivity index (χ1) is 10.1. The molecule has 1 aromatic carbocycles. The van der Waals surface area contributed by atoms with Gasteiger partial charge < -0.3 is 10.0 Å². The van der Waals surface area contributed by atoms with Gasteiger partial charge in [-0.15, -0.1) is 0 Å². The first-order valence-corrected chi connectivity index (χ1v) is 7.68. The molecule has 1 aliphatic carbocycles. The van der Waals surface area contributed by atoms with Crippen LogP contribution in [-0.2, 0) is 22.4 Å². The molecule has 0 radical (unpaired) electrons. The Morgan fingerprint density at radius 2 is 1.90 bits per heavy atom. The molecule has 1 aliphatic heterocycles. The molecule has 1 saturated heterocycles. The van der Waals surface area contributed by atoms with E-state index in [1.807, 2.05) is 19.1 Å². The van der Waals surface area contributed by atoms with E-state index in [1.54, 1.807) is 4.90 Å². The lowest BCUT2D eigenvalue weighted by Crippen LogP contribution is -2.42. The second-order valence-electron chi connectivity index (χ2n) is 6.21. The second kappa shape index (κ2) is 5.51. The highest BCUT2D eigenvalue weighted by atomic mass is 16.4. The van der Waals surface area contributed by atoms with Crippen LogP contribution in [0.25, 0.3) is 0 Å². The first-order valence-electron chi connectivity index (χ1n) is 7.68. The summed E-state index contributed by atoms with van der Waals surface area (Å²) in [7, 11) is 0. The number of carbonyl (C=O) groups is 2. The third-order valence-corrected chi connectivity index (χ3v) is 5.05. The smallest absolute Gasteiger partial charge is 0.308 e. The minimum Gasteiger partial charge on any atom is -0.481 e. The molecule has 3 rings (SSSR count). The molecule has 0 aromatic heterocycles. The van der Waals surface area contributed by atoms with Crippen LogP contribution in [0.1, 0.15) is 30.9 Å². The van der Waals surface area contributed by atoms with E-state index < -0.39 is 11.9 Å². The highest BCUT2D eigenvalue weighted by Crippen LogP contribution is 2.31. The largest absolute Gasteiger partial charge is 0.481 e. The van der Waals surface area contributed by atoms with Crippen molar-refractivity contribution in [1.82, 2.24) is 4.90 Å². The number of carbonyl (C=O) groups excluding carboxylic acids is 1. The van der Waals surface area contributed by atoms with Gasteiger partial charge in [-0.05, 0) is 43.7 Å². The van der Waals surface area contributed by atoms with Crippen molar-refractivity contribution in [2.45, 2.75) is 38.6 Å². The van der Waals surface area contributed by atoms with Crippen LogP contribution >= 0.6 is 0 Å². The number of aryl methyl sites for hydroxylation is 1. The van der Waals surface area contributed by atoms with E-state index in [-0.39, 0.29) is 17.9 Å². The highest BCUT2D eigenvalue weighted by molar-refractivity contribution is 5.82. The minimum atomic E-state index is -0.785. The van der Waals surface area contributed by atoms with Crippen LogP contribution in [-0.4, -0.2) is 34.5 Å². The summed E-state index contributed by atoms with van der Waals surface area (Å²) in [5.74, 6) is -1.05. The number of likely N-dealkylation sites (tertiary alicyclic amines) is 1. The van der Waals surface area contributed by atoms with E-state index >= 15 is 0 Å². The predicted molar refractivity (Wildman–Crippen MR) is 78.9 cm³/mol. The molecule has 0 bridgehead atoms. The Balaban J connectivity index is 1.71. The molecule has 1 N–H and O–H groups in total. The molecular weight excluding hydrogens is 266 g/mol. The average molecular weight is 287 g/mol. The van der Waals surface area contributed by atoms with Crippen LogP contribution in [0.15, 0.2) is 24.3 Å². The van der Waals surface area contributed by atoms with Gasteiger partial charge in [0.1, 0.15) is 0 Å². The Hall–Kier alpha value is -1.84. The molecule has 1 amide bonds. The molecule has 3 unspecified atom stereocenters. The number of aliphatic carboxylic acids is 1. The summed E-state index contributed by atoms with van der Waals surface area (Å²) in [5, 5.41) is 9.19. The van der Waals surface area contributed by atoms with Gasteiger partial charge in [-0.3, -0.25) is 9.59 Å². The fraction of sp³-hybridized carbons (Fsp3) is 0.529. The van der Waals surface area contributed by atoms with Gasteiger partial charge >= 0.3 is 5.97 Å². The Labute approximate surface area is 124 Å². The zero-order valence-corrected chi connectivity index (χ0v) is 12.3. The zero-order valence-electron chi connectivity index (χ0n) is 12.3. The molecule has 2 aliphatic rings. The van der Waals surface area contributed by atoms with E-state index in [0.717, 1.165) is 19.3 Å². The standard InChI is InChI=1S/C17H21NO3/c1-11-15(17(20)21)8-9-18(11)16(19)14-7-6-12-4-2-3-5-13(12)10-14/h2-5,11,14-15H,6-10H2,1H3,(H,20,21). The van der Waals surface area contributed by atoms with Crippen molar-refractivity contribution in [3.63, 3.8) is 0 Å². The molecular formula is C17H21NO3. The Morgan fingerprint density at radius 1 is 1.19 bits per heavy atom. The van der Waals surface area contributed by atoms with Crippen molar-refractivity contribution in [3.05, 3.63) is 35.4 Å². The molecule has 0 saturated carbocycles. The molecule has 3 atom stereocenters. The van der Waals surface area contributed by atoms with Crippen LogP contribution < -0.4 is 0 Å². The van der Waals surface area contributed by atoms with Crippen LogP contribution in [0.3, 0.4) is 0 Å². The third-order valence-electron chi connectivity index (χ3n) is 5.05. The number of rotatable bonds is 2. The number of carboxylic acid groups (broad SMARTS) is 1. The Bertz CT molecular complexity index is 569. The lowest BCUT2D eigenvalue weighted by atomic mass is 9.83.